The Labute approximate surface area is 155 Å². The number of fused-ring (bicyclic) bond motifs is 1. The van der Waals surface area contributed by atoms with E-state index >= 15 is 0 Å². The van der Waals surface area contributed by atoms with Crippen LogP contribution < -0.4 is 15.2 Å². The quantitative estimate of drug-likeness (QED) is 0.578. The van der Waals surface area contributed by atoms with Gasteiger partial charge < -0.3 is 20.2 Å². The van der Waals surface area contributed by atoms with Gasteiger partial charge in [0.25, 0.3) is 0 Å². The van der Waals surface area contributed by atoms with E-state index in [0.717, 1.165) is 55.0 Å². The summed E-state index contributed by atoms with van der Waals surface area (Å²) in [7, 11) is 3.40. The molecule has 4 nitrogen and oxygen atoms in total. The van der Waals surface area contributed by atoms with Crippen LogP contribution in [-0.2, 0) is 12.8 Å². The first-order valence-corrected chi connectivity index (χ1v) is 9.29. The van der Waals surface area contributed by atoms with Crippen molar-refractivity contribution in [3.8, 4) is 22.8 Å². The van der Waals surface area contributed by atoms with E-state index in [1.54, 1.807) is 14.2 Å². The summed E-state index contributed by atoms with van der Waals surface area (Å²) in [5.41, 5.74) is 11.6. The predicted molar refractivity (Wildman–Crippen MR) is 108 cm³/mol. The van der Waals surface area contributed by atoms with Crippen molar-refractivity contribution in [1.82, 2.24) is 4.98 Å². The Morgan fingerprint density at radius 1 is 0.962 bits per heavy atom. The molecular weight excluding hydrogens is 324 g/mol. The van der Waals surface area contributed by atoms with E-state index in [-0.39, 0.29) is 0 Å². The second-order valence-corrected chi connectivity index (χ2v) is 6.46. The van der Waals surface area contributed by atoms with Gasteiger partial charge in [-0.3, -0.25) is 0 Å². The van der Waals surface area contributed by atoms with E-state index < -0.39 is 0 Å². The Balaban J connectivity index is 2.27. The Morgan fingerprint density at radius 2 is 1.65 bits per heavy atom. The molecule has 0 aliphatic heterocycles. The highest BCUT2D eigenvalue weighted by molar-refractivity contribution is 5.95. The first-order valence-electron chi connectivity index (χ1n) is 9.29. The van der Waals surface area contributed by atoms with Crippen molar-refractivity contribution in [2.45, 2.75) is 32.6 Å². The number of benzene rings is 2. The number of methoxy groups -OCH3 is 2. The van der Waals surface area contributed by atoms with Crippen LogP contribution in [0.2, 0.25) is 0 Å². The number of aromatic amines is 1. The van der Waals surface area contributed by atoms with Gasteiger partial charge in [0, 0.05) is 10.9 Å². The molecule has 0 bridgehead atoms. The third kappa shape index (κ3) is 3.29. The zero-order chi connectivity index (χ0) is 18.5. The van der Waals surface area contributed by atoms with Crippen LogP contribution in [0.4, 0.5) is 0 Å². The standard InChI is InChI=1S/C22H28N2O2/c1-4-15-9-7-11-16-17(10-5-6-14-23)22(24-21(15)16)20-18(25-2)12-8-13-19(20)26-3/h7-9,11-13,24H,4-6,10,14,23H2,1-3H3. The topological polar surface area (TPSA) is 60.3 Å². The summed E-state index contributed by atoms with van der Waals surface area (Å²) in [6.07, 6.45) is 4.04. The third-order valence-electron chi connectivity index (χ3n) is 4.97. The Kier molecular flexibility index (Phi) is 5.84. The number of hydrogen-bond acceptors (Lipinski definition) is 3. The highest BCUT2D eigenvalue weighted by Gasteiger charge is 2.20. The number of unbranched alkanes of at least 4 members (excludes halogenated alkanes) is 1. The largest absolute Gasteiger partial charge is 0.496 e. The van der Waals surface area contributed by atoms with Gasteiger partial charge in [0.2, 0.25) is 0 Å². The van der Waals surface area contributed by atoms with Crippen molar-refractivity contribution in [2.75, 3.05) is 20.8 Å². The van der Waals surface area contributed by atoms with Crippen molar-refractivity contribution in [3.05, 3.63) is 47.5 Å². The molecule has 0 radical (unpaired) electrons. The van der Waals surface area contributed by atoms with Crippen LogP contribution in [0, 0.1) is 0 Å². The van der Waals surface area contributed by atoms with Crippen LogP contribution in [0.15, 0.2) is 36.4 Å². The van der Waals surface area contributed by atoms with Crippen molar-refractivity contribution in [1.29, 1.82) is 0 Å². The number of nitrogens with one attached hydrogen (secondary N) is 1. The maximum absolute atomic E-state index is 5.72. The summed E-state index contributed by atoms with van der Waals surface area (Å²) >= 11 is 0. The molecule has 3 N–H and O–H groups in total. The minimum Gasteiger partial charge on any atom is -0.496 e. The minimum absolute atomic E-state index is 0.718. The number of ether oxygens (including phenoxy) is 2. The summed E-state index contributed by atoms with van der Waals surface area (Å²) in [5.74, 6) is 1.63. The molecule has 1 aromatic heterocycles. The van der Waals surface area contributed by atoms with Crippen LogP contribution in [0.5, 0.6) is 11.5 Å². The molecule has 0 atom stereocenters. The number of hydrogen-bond donors (Lipinski definition) is 2. The molecule has 0 aliphatic rings. The lowest BCUT2D eigenvalue weighted by Crippen LogP contribution is -2.00. The summed E-state index contributed by atoms with van der Waals surface area (Å²) in [6.45, 7) is 2.91. The molecule has 0 saturated heterocycles. The second kappa shape index (κ2) is 8.28. The van der Waals surface area contributed by atoms with E-state index in [1.807, 2.05) is 18.2 Å². The van der Waals surface area contributed by atoms with Gasteiger partial charge in [-0.25, -0.2) is 0 Å². The van der Waals surface area contributed by atoms with E-state index in [4.69, 9.17) is 15.2 Å². The zero-order valence-corrected chi connectivity index (χ0v) is 15.9. The molecule has 2 aromatic carbocycles. The Hall–Kier alpha value is -2.46. The molecule has 3 aromatic rings. The molecular formula is C22H28N2O2. The maximum Gasteiger partial charge on any atom is 0.131 e. The Morgan fingerprint density at radius 3 is 2.27 bits per heavy atom. The van der Waals surface area contributed by atoms with Gasteiger partial charge in [0.05, 0.1) is 25.5 Å². The van der Waals surface area contributed by atoms with Gasteiger partial charge in [-0.2, -0.15) is 0 Å². The van der Waals surface area contributed by atoms with Crippen molar-refractivity contribution in [2.24, 2.45) is 5.73 Å². The van der Waals surface area contributed by atoms with E-state index in [0.29, 0.717) is 0 Å². The van der Waals surface area contributed by atoms with E-state index in [2.05, 4.69) is 30.1 Å². The lowest BCUT2D eigenvalue weighted by Gasteiger charge is -2.14. The summed E-state index contributed by atoms with van der Waals surface area (Å²) in [6, 6.07) is 12.4. The van der Waals surface area contributed by atoms with Crippen LogP contribution in [0.25, 0.3) is 22.2 Å². The molecule has 0 amide bonds. The second-order valence-electron chi connectivity index (χ2n) is 6.46. The highest BCUT2D eigenvalue weighted by atomic mass is 16.5. The lowest BCUT2D eigenvalue weighted by molar-refractivity contribution is 0.397. The van der Waals surface area contributed by atoms with E-state index in [9.17, 15) is 0 Å². The first kappa shape index (κ1) is 18.3. The monoisotopic (exact) mass is 352 g/mol. The van der Waals surface area contributed by atoms with Gasteiger partial charge in [0.15, 0.2) is 0 Å². The van der Waals surface area contributed by atoms with Crippen LogP contribution >= 0.6 is 0 Å². The molecule has 0 spiro atoms. The first-order chi connectivity index (χ1) is 12.7. The summed E-state index contributed by atoms with van der Waals surface area (Å²) in [4.78, 5) is 3.69. The smallest absolute Gasteiger partial charge is 0.131 e. The van der Waals surface area contributed by atoms with Crippen LogP contribution in [0.3, 0.4) is 0 Å². The number of aromatic nitrogens is 1. The van der Waals surface area contributed by atoms with Gasteiger partial charge in [-0.1, -0.05) is 31.2 Å². The average Bonchev–Trinajstić information content (AvgIpc) is 3.05. The number of nitrogens with two attached hydrogens (primary N) is 1. The normalized spacial score (nSPS) is 11.1. The predicted octanol–water partition coefficient (Wildman–Crippen LogP) is 4.70. The fourth-order valence-corrected chi connectivity index (χ4v) is 3.65. The fraction of sp³-hybridized carbons (Fsp3) is 0.364. The minimum atomic E-state index is 0.718. The van der Waals surface area contributed by atoms with Crippen molar-refractivity contribution < 1.29 is 9.47 Å². The summed E-state index contributed by atoms with van der Waals surface area (Å²) in [5, 5.41) is 1.28. The number of H-pyrrole nitrogens is 1. The average molecular weight is 352 g/mol. The zero-order valence-electron chi connectivity index (χ0n) is 15.9. The molecule has 0 saturated carbocycles. The molecule has 0 unspecified atom stereocenters. The van der Waals surface area contributed by atoms with E-state index in [1.165, 1.54) is 22.0 Å². The molecule has 138 valence electrons. The number of aryl methyl sites for hydroxylation is 2. The van der Waals surface area contributed by atoms with Gasteiger partial charge >= 0.3 is 0 Å². The third-order valence-corrected chi connectivity index (χ3v) is 4.97. The van der Waals surface area contributed by atoms with Gasteiger partial charge in [0.1, 0.15) is 11.5 Å². The molecule has 0 fully saturated rings. The van der Waals surface area contributed by atoms with Crippen molar-refractivity contribution in [3.63, 3.8) is 0 Å². The summed E-state index contributed by atoms with van der Waals surface area (Å²) < 4.78 is 11.3. The molecule has 26 heavy (non-hydrogen) atoms. The molecule has 4 heteroatoms. The van der Waals surface area contributed by atoms with Crippen LogP contribution in [-0.4, -0.2) is 25.7 Å². The maximum atomic E-state index is 5.72. The molecule has 1 heterocycles. The molecule has 0 aliphatic carbocycles. The van der Waals surface area contributed by atoms with Gasteiger partial charge in [-0.05, 0) is 55.5 Å². The number of para-hydroxylation sites is 1. The fourth-order valence-electron chi connectivity index (χ4n) is 3.65. The van der Waals surface area contributed by atoms with Gasteiger partial charge in [-0.15, -0.1) is 0 Å². The highest BCUT2D eigenvalue weighted by Crippen LogP contribution is 2.42. The number of rotatable bonds is 8. The van der Waals surface area contributed by atoms with Crippen LogP contribution in [0.1, 0.15) is 30.9 Å². The lowest BCUT2D eigenvalue weighted by atomic mass is 9.98. The SMILES string of the molecule is CCc1cccc2c(CCCCN)c(-c3c(OC)cccc3OC)[nH]c12. The van der Waals surface area contributed by atoms with Crippen molar-refractivity contribution >= 4 is 10.9 Å². The molecule has 3 rings (SSSR count). The Bertz CT molecular complexity index is 861.